The first-order chi connectivity index (χ1) is 15.3. The lowest BCUT2D eigenvalue weighted by atomic mass is 10.0. The standard InChI is InChI=1S/C26H23N3O2/c30-26(29-23-9-6-16-27-18-23)28-17-20-12-14-21(15-13-20)19-31-25-11-5-4-10-24(25)22-7-2-1-3-8-22/h1-16,18H,17,19H2,(H2,28,29,30). The molecule has 2 amide bonds. The van der Waals surface area contributed by atoms with Gasteiger partial charge in [0.05, 0.1) is 11.9 Å². The summed E-state index contributed by atoms with van der Waals surface area (Å²) in [5.41, 5.74) is 4.93. The first-order valence-electron chi connectivity index (χ1n) is 10.1. The Morgan fingerprint density at radius 2 is 1.55 bits per heavy atom. The zero-order valence-corrected chi connectivity index (χ0v) is 17.0. The van der Waals surface area contributed by atoms with Gasteiger partial charge in [-0.1, -0.05) is 72.8 Å². The molecule has 0 atom stereocenters. The number of carbonyl (C=O) groups is 1. The van der Waals surface area contributed by atoms with Crippen molar-refractivity contribution < 1.29 is 9.53 Å². The summed E-state index contributed by atoms with van der Waals surface area (Å²) in [6.07, 6.45) is 3.26. The van der Waals surface area contributed by atoms with E-state index < -0.39 is 0 Å². The molecule has 0 spiro atoms. The lowest BCUT2D eigenvalue weighted by Gasteiger charge is -2.12. The summed E-state index contributed by atoms with van der Waals surface area (Å²) in [5.74, 6) is 0.853. The molecule has 0 radical (unpaired) electrons. The first kappa shape index (κ1) is 20.2. The maximum absolute atomic E-state index is 12.0. The van der Waals surface area contributed by atoms with Gasteiger partial charge in [-0.05, 0) is 34.9 Å². The molecule has 1 heterocycles. The zero-order chi connectivity index (χ0) is 21.3. The van der Waals surface area contributed by atoms with Gasteiger partial charge in [0, 0.05) is 18.3 Å². The number of rotatable bonds is 7. The van der Waals surface area contributed by atoms with Crippen molar-refractivity contribution in [2.24, 2.45) is 0 Å². The van der Waals surface area contributed by atoms with Gasteiger partial charge in [0.15, 0.2) is 0 Å². The zero-order valence-electron chi connectivity index (χ0n) is 17.0. The monoisotopic (exact) mass is 409 g/mol. The van der Waals surface area contributed by atoms with Gasteiger partial charge in [-0.15, -0.1) is 0 Å². The third-order valence-corrected chi connectivity index (χ3v) is 4.76. The number of urea groups is 1. The van der Waals surface area contributed by atoms with E-state index in [1.807, 2.05) is 60.7 Å². The van der Waals surface area contributed by atoms with E-state index in [-0.39, 0.29) is 6.03 Å². The number of ether oxygens (including phenoxy) is 1. The summed E-state index contributed by atoms with van der Waals surface area (Å²) in [7, 11) is 0. The normalized spacial score (nSPS) is 10.3. The van der Waals surface area contributed by atoms with Crippen molar-refractivity contribution >= 4 is 11.7 Å². The smallest absolute Gasteiger partial charge is 0.319 e. The number of nitrogens with zero attached hydrogens (tertiary/aromatic N) is 1. The number of para-hydroxylation sites is 1. The van der Waals surface area contributed by atoms with Crippen molar-refractivity contribution in [3.05, 3.63) is 115 Å². The van der Waals surface area contributed by atoms with Gasteiger partial charge in [-0.25, -0.2) is 4.79 Å². The Morgan fingerprint density at radius 1 is 0.806 bits per heavy atom. The average molecular weight is 409 g/mol. The highest BCUT2D eigenvalue weighted by atomic mass is 16.5. The topological polar surface area (TPSA) is 63.2 Å². The van der Waals surface area contributed by atoms with Crippen LogP contribution >= 0.6 is 0 Å². The number of anilines is 1. The molecular weight excluding hydrogens is 386 g/mol. The van der Waals surface area contributed by atoms with Crippen LogP contribution in [0.4, 0.5) is 10.5 Å². The third-order valence-electron chi connectivity index (χ3n) is 4.76. The number of nitrogens with one attached hydrogen (secondary N) is 2. The Bertz CT molecular complexity index is 1110. The number of hydrogen-bond donors (Lipinski definition) is 2. The van der Waals surface area contributed by atoms with Crippen LogP contribution in [0.5, 0.6) is 5.75 Å². The number of hydrogen-bond acceptors (Lipinski definition) is 3. The average Bonchev–Trinajstić information content (AvgIpc) is 2.83. The second-order valence-electron chi connectivity index (χ2n) is 7.02. The Labute approximate surface area is 181 Å². The van der Waals surface area contributed by atoms with Crippen LogP contribution in [-0.4, -0.2) is 11.0 Å². The highest BCUT2D eigenvalue weighted by Crippen LogP contribution is 2.30. The molecule has 5 heteroatoms. The number of aromatic nitrogens is 1. The molecule has 0 saturated heterocycles. The molecule has 0 aliphatic rings. The van der Waals surface area contributed by atoms with Gasteiger partial charge < -0.3 is 15.4 Å². The van der Waals surface area contributed by atoms with Crippen molar-refractivity contribution in [2.45, 2.75) is 13.2 Å². The Morgan fingerprint density at radius 3 is 2.32 bits per heavy atom. The minimum Gasteiger partial charge on any atom is -0.488 e. The Kier molecular flexibility index (Phi) is 6.55. The van der Waals surface area contributed by atoms with E-state index in [2.05, 4.69) is 33.8 Å². The van der Waals surface area contributed by atoms with Crippen LogP contribution in [0.3, 0.4) is 0 Å². The summed E-state index contributed by atoms with van der Waals surface area (Å²) in [4.78, 5) is 16.0. The van der Waals surface area contributed by atoms with E-state index in [1.165, 1.54) is 0 Å². The summed E-state index contributed by atoms with van der Waals surface area (Å²) in [6, 6.07) is 29.6. The van der Waals surface area contributed by atoms with Gasteiger partial charge in [0.1, 0.15) is 12.4 Å². The van der Waals surface area contributed by atoms with Crippen LogP contribution < -0.4 is 15.4 Å². The van der Waals surface area contributed by atoms with Gasteiger partial charge in [0.25, 0.3) is 0 Å². The Balaban J connectivity index is 1.31. The number of amides is 2. The molecule has 0 bridgehead atoms. The predicted octanol–water partition coefficient (Wildman–Crippen LogP) is 5.65. The number of benzene rings is 3. The molecule has 4 rings (SSSR count). The van der Waals surface area contributed by atoms with Crippen molar-refractivity contribution in [2.75, 3.05) is 5.32 Å². The van der Waals surface area contributed by atoms with Crippen LogP contribution in [0.2, 0.25) is 0 Å². The van der Waals surface area contributed by atoms with Crippen LogP contribution in [0, 0.1) is 0 Å². The quantitative estimate of drug-likeness (QED) is 0.415. The fourth-order valence-corrected chi connectivity index (χ4v) is 3.16. The van der Waals surface area contributed by atoms with Crippen LogP contribution in [0.1, 0.15) is 11.1 Å². The molecule has 5 nitrogen and oxygen atoms in total. The second kappa shape index (κ2) is 10.1. The minimum absolute atomic E-state index is 0.266. The van der Waals surface area contributed by atoms with E-state index in [0.717, 1.165) is 28.0 Å². The van der Waals surface area contributed by atoms with E-state index in [1.54, 1.807) is 24.5 Å². The first-order valence-corrected chi connectivity index (χ1v) is 10.1. The van der Waals surface area contributed by atoms with Gasteiger partial charge in [-0.3, -0.25) is 4.98 Å². The lowest BCUT2D eigenvalue weighted by molar-refractivity contribution is 0.251. The fourth-order valence-electron chi connectivity index (χ4n) is 3.16. The van der Waals surface area contributed by atoms with E-state index in [9.17, 15) is 4.79 Å². The molecule has 3 aromatic carbocycles. The molecule has 0 aliphatic carbocycles. The fraction of sp³-hybridized carbons (Fsp3) is 0.0769. The predicted molar refractivity (Wildman–Crippen MR) is 123 cm³/mol. The van der Waals surface area contributed by atoms with Crippen LogP contribution in [-0.2, 0) is 13.2 Å². The molecule has 31 heavy (non-hydrogen) atoms. The highest BCUT2D eigenvalue weighted by Gasteiger charge is 2.06. The summed E-state index contributed by atoms with van der Waals surface area (Å²) in [6.45, 7) is 0.906. The molecular formula is C26H23N3O2. The molecule has 0 unspecified atom stereocenters. The largest absolute Gasteiger partial charge is 0.488 e. The summed E-state index contributed by atoms with van der Waals surface area (Å²) >= 11 is 0. The molecule has 2 N–H and O–H groups in total. The second-order valence-corrected chi connectivity index (χ2v) is 7.02. The molecule has 0 saturated carbocycles. The SMILES string of the molecule is O=C(NCc1ccc(COc2ccccc2-c2ccccc2)cc1)Nc1cccnc1. The van der Waals surface area contributed by atoms with Gasteiger partial charge in [-0.2, -0.15) is 0 Å². The summed E-state index contributed by atoms with van der Waals surface area (Å²) < 4.78 is 6.10. The maximum atomic E-state index is 12.0. The third kappa shape index (κ3) is 5.70. The van der Waals surface area contributed by atoms with E-state index in [4.69, 9.17) is 4.74 Å². The lowest BCUT2D eigenvalue weighted by Crippen LogP contribution is -2.28. The summed E-state index contributed by atoms with van der Waals surface area (Å²) in [5, 5.41) is 5.59. The van der Waals surface area contributed by atoms with Crippen molar-refractivity contribution in [3.63, 3.8) is 0 Å². The molecule has 154 valence electrons. The van der Waals surface area contributed by atoms with Crippen LogP contribution in [0.15, 0.2) is 103 Å². The van der Waals surface area contributed by atoms with Crippen molar-refractivity contribution in [1.29, 1.82) is 0 Å². The van der Waals surface area contributed by atoms with E-state index >= 15 is 0 Å². The van der Waals surface area contributed by atoms with Crippen molar-refractivity contribution in [3.8, 4) is 16.9 Å². The number of pyridine rings is 1. The highest BCUT2D eigenvalue weighted by molar-refractivity contribution is 5.88. The molecule has 0 fully saturated rings. The maximum Gasteiger partial charge on any atom is 0.319 e. The van der Waals surface area contributed by atoms with Crippen molar-refractivity contribution in [1.82, 2.24) is 10.3 Å². The van der Waals surface area contributed by atoms with Gasteiger partial charge in [0.2, 0.25) is 0 Å². The number of carbonyl (C=O) groups excluding carboxylic acids is 1. The molecule has 0 aliphatic heterocycles. The molecule has 1 aromatic heterocycles. The minimum atomic E-state index is -0.266. The Hall–Kier alpha value is -4.12. The van der Waals surface area contributed by atoms with Gasteiger partial charge >= 0.3 is 6.03 Å². The van der Waals surface area contributed by atoms with Crippen LogP contribution in [0.25, 0.3) is 11.1 Å². The van der Waals surface area contributed by atoms with E-state index in [0.29, 0.717) is 18.8 Å². The molecule has 4 aromatic rings.